The summed E-state index contributed by atoms with van der Waals surface area (Å²) in [7, 11) is 0. The SMILES string of the molecule is NCCCNC(=O)Cc1cccc(OCc2cccc(Cl)c2)c1. The number of nitrogens with one attached hydrogen (secondary N) is 1. The Morgan fingerprint density at radius 3 is 2.70 bits per heavy atom. The molecular formula is C18H21ClN2O2. The number of hydrogen-bond acceptors (Lipinski definition) is 3. The number of nitrogens with two attached hydrogens (primary N) is 1. The lowest BCUT2D eigenvalue weighted by molar-refractivity contribution is -0.120. The van der Waals surface area contributed by atoms with Gasteiger partial charge in [0.1, 0.15) is 12.4 Å². The van der Waals surface area contributed by atoms with Crippen LogP contribution in [0.4, 0.5) is 0 Å². The minimum absolute atomic E-state index is 0.00885. The van der Waals surface area contributed by atoms with E-state index in [0.29, 0.717) is 31.1 Å². The van der Waals surface area contributed by atoms with Crippen LogP contribution in [0.25, 0.3) is 0 Å². The van der Waals surface area contributed by atoms with Crippen LogP contribution in [0, 0.1) is 0 Å². The van der Waals surface area contributed by atoms with E-state index in [0.717, 1.165) is 23.3 Å². The normalized spacial score (nSPS) is 10.3. The predicted octanol–water partition coefficient (Wildman–Crippen LogP) is 2.93. The van der Waals surface area contributed by atoms with E-state index in [1.807, 2.05) is 48.5 Å². The van der Waals surface area contributed by atoms with Crippen LogP contribution in [-0.2, 0) is 17.8 Å². The molecule has 5 heteroatoms. The Hall–Kier alpha value is -2.04. The summed E-state index contributed by atoms with van der Waals surface area (Å²) in [6.45, 7) is 1.63. The summed E-state index contributed by atoms with van der Waals surface area (Å²) in [5.74, 6) is 0.725. The van der Waals surface area contributed by atoms with E-state index in [2.05, 4.69) is 5.32 Å². The molecule has 0 aliphatic carbocycles. The predicted molar refractivity (Wildman–Crippen MR) is 92.6 cm³/mol. The number of benzene rings is 2. The second kappa shape index (κ2) is 9.18. The van der Waals surface area contributed by atoms with Crippen molar-refractivity contribution in [2.75, 3.05) is 13.1 Å². The maximum Gasteiger partial charge on any atom is 0.224 e. The zero-order valence-electron chi connectivity index (χ0n) is 12.9. The van der Waals surface area contributed by atoms with Gasteiger partial charge in [-0.3, -0.25) is 4.79 Å². The van der Waals surface area contributed by atoms with Crippen molar-refractivity contribution >= 4 is 17.5 Å². The fraction of sp³-hybridized carbons (Fsp3) is 0.278. The molecule has 0 bridgehead atoms. The third-order valence-electron chi connectivity index (χ3n) is 3.26. The van der Waals surface area contributed by atoms with Crippen molar-refractivity contribution in [3.8, 4) is 5.75 Å². The molecule has 0 aliphatic heterocycles. The third-order valence-corrected chi connectivity index (χ3v) is 3.50. The molecule has 3 N–H and O–H groups in total. The summed E-state index contributed by atoms with van der Waals surface area (Å²) < 4.78 is 5.76. The standard InChI is InChI=1S/C18H21ClN2O2/c19-16-6-1-5-15(10-16)13-23-17-7-2-4-14(11-17)12-18(22)21-9-3-8-20/h1-2,4-7,10-11H,3,8-9,12-13,20H2,(H,21,22). The number of hydrogen-bond donors (Lipinski definition) is 2. The first-order valence-electron chi connectivity index (χ1n) is 7.60. The van der Waals surface area contributed by atoms with Crippen molar-refractivity contribution in [3.05, 3.63) is 64.7 Å². The summed E-state index contributed by atoms with van der Waals surface area (Å²) in [5.41, 5.74) is 7.32. The van der Waals surface area contributed by atoms with E-state index in [4.69, 9.17) is 22.1 Å². The average Bonchev–Trinajstić information content (AvgIpc) is 2.54. The van der Waals surface area contributed by atoms with E-state index in [-0.39, 0.29) is 5.91 Å². The van der Waals surface area contributed by atoms with Gasteiger partial charge in [0, 0.05) is 11.6 Å². The topological polar surface area (TPSA) is 64.3 Å². The van der Waals surface area contributed by atoms with Crippen LogP contribution in [-0.4, -0.2) is 19.0 Å². The summed E-state index contributed by atoms with van der Waals surface area (Å²) in [5, 5.41) is 3.53. The van der Waals surface area contributed by atoms with E-state index < -0.39 is 0 Å². The van der Waals surface area contributed by atoms with E-state index in [1.54, 1.807) is 0 Å². The summed E-state index contributed by atoms with van der Waals surface area (Å²) >= 11 is 5.95. The molecule has 122 valence electrons. The first-order valence-corrected chi connectivity index (χ1v) is 7.98. The lowest BCUT2D eigenvalue weighted by atomic mass is 10.1. The number of ether oxygens (including phenoxy) is 1. The highest BCUT2D eigenvalue weighted by molar-refractivity contribution is 6.30. The van der Waals surface area contributed by atoms with Gasteiger partial charge in [-0.05, 0) is 48.4 Å². The second-order valence-electron chi connectivity index (χ2n) is 5.23. The Balaban J connectivity index is 1.88. The van der Waals surface area contributed by atoms with Crippen LogP contribution in [0.2, 0.25) is 5.02 Å². The first kappa shape index (κ1) is 17.3. The molecule has 2 rings (SSSR count). The quantitative estimate of drug-likeness (QED) is 0.730. The monoisotopic (exact) mass is 332 g/mol. The molecule has 0 saturated heterocycles. The number of rotatable bonds is 8. The van der Waals surface area contributed by atoms with E-state index >= 15 is 0 Å². The highest BCUT2D eigenvalue weighted by Gasteiger charge is 2.04. The van der Waals surface area contributed by atoms with Gasteiger partial charge in [-0.25, -0.2) is 0 Å². The Labute approximate surface area is 141 Å². The molecule has 0 saturated carbocycles. The largest absolute Gasteiger partial charge is 0.489 e. The summed E-state index contributed by atoms with van der Waals surface area (Å²) in [6.07, 6.45) is 1.12. The zero-order valence-corrected chi connectivity index (χ0v) is 13.7. The van der Waals surface area contributed by atoms with Gasteiger partial charge in [-0.15, -0.1) is 0 Å². The molecule has 0 unspecified atom stereocenters. The van der Waals surface area contributed by atoms with Gasteiger partial charge in [0.05, 0.1) is 6.42 Å². The first-order chi connectivity index (χ1) is 11.2. The molecule has 0 atom stereocenters. The Morgan fingerprint density at radius 2 is 1.91 bits per heavy atom. The molecule has 2 aromatic rings. The van der Waals surface area contributed by atoms with Crippen LogP contribution in [0.1, 0.15) is 17.5 Å². The molecule has 0 aromatic heterocycles. The number of halogens is 1. The van der Waals surface area contributed by atoms with Crippen molar-refractivity contribution < 1.29 is 9.53 Å². The van der Waals surface area contributed by atoms with Crippen molar-refractivity contribution in [3.63, 3.8) is 0 Å². The van der Waals surface area contributed by atoms with E-state index in [1.165, 1.54) is 0 Å². The lowest BCUT2D eigenvalue weighted by Crippen LogP contribution is -2.27. The molecular weight excluding hydrogens is 312 g/mol. The number of carbonyl (C=O) groups excluding carboxylic acids is 1. The van der Waals surface area contributed by atoms with Crippen LogP contribution < -0.4 is 15.8 Å². The highest BCUT2D eigenvalue weighted by Crippen LogP contribution is 2.17. The molecule has 2 aromatic carbocycles. The molecule has 0 radical (unpaired) electrons. The van der Waals surface area contributed by atoms with Crippen LogP contribution in [0.15, 0.2) is 48.5 Å². The molecule has 4 nitrogen and oxygen atoms in total. The zero-order chi connectivity index (χ0) is 16.5. The van der Waals surface area contributed by atoms with Crippen LogP contribution in [0.3, 0.4) is 0 Å². The van der Waals surface area contributed by atoms with E-state index in [9.17, 15) is 4.79 Å². The molecule has 1 amide bonds. The maximum atomic E-state index is 11.8. The van der Waals surface area contributed by atoms with Crippen molar-refractivity contribution in [1.82, 2.24) is 5.32 Å². The van der Waals surface area contributed by atoms with Gasteiger partial charge < -0.3 is 15.8 Å². The van der Waals surface area contributed by atoms with Crippen LogP contribution >= 0.6 is 11.6 Å². The summed E-state index contributed by atoms with van der Waals surface area (Å²) in [4.78, 5) is 11.8. The highest BCUT2D eigenvalue weighted by atomic mass is 35.5. The molecule has 0 spiro atoms. The van der Waals surface area contributed by atoms with Crippen molar-refractivity contribution in [2.45, 2.75) is 19.4 Å². The van der Waals surface area contributed by atoms with Gasteiger partial charge in [0.2, 0.25) is 5.91 Å². The Morgan fingerprint density at radius 1 is 1.13 bits per heavy atom. The minimum Gasteiger partial charge on any atom is -0.489 e. The summed E-state index contributed by atoms with van der Waals surface area (Å²) in [6, 6.07) is 15.1. The van der Waals surface area contributed by atoms with Crippen molar-refractivity contribution in [2.24, 2.45) is 5.73 Å². The number of amides is 1. The fourth-order valence-corrected chi connectivity index (χ4v) is 2.33. The minimum atomic E-state index is -0.00885. The van der Waals surface area contributed by atoms with Crippen molar-refractivity contribution in [1.29, 1.82) is 0 Å². The lowest BCUT2D eigenvalue weighted by Gasteiger charge is -2.09. The van der Waals surface area contributed by atoms with Gasteiger partial charge >= 0.3 is 0 Å². The molecule has 0 fully saturated rings. The number of carbonyl (C=O) groups is 1. The van der Waals surface area contributed by atoms with Gasteiger partial charge in [0.15, 0.2) is 0 Å². The second-order valence-corrected chi connectivity index (χ2v) is 5.67. The van der Waals surface area contributed by atoms with Crippen LogP contribution in [0.5, 0.6) is 5.75 Å². The fourth-order valence-electron chi connectivity index (χ4n) is 2.12. The van der Waals surface area contributed by atoms with Gasteiger partial charge in [-0.1, -0.05) is 35.9 Å². The maximum absolute atomic E-state index is 11.8. The molecule has 0 heterocycles. The molecule has 0 aliphatic rings. The molecule has 23 heavy (non-hydrogen) atoms. The van der Waals surface area contributed by atoms with Gasteiger partial charge in [-0.2, -0.15) is 0 Å². The third kappa shape index (κ3) is 6.30. The van der Waals surface area contributed by atoms with Gasteiger partial charge in [0.25, 0.3) is 0 Å². The smallest absolute Gasteiger partial charge is 0.224 e. The Bertz CT molecular complexity index is 646. The average molecular weight is 333 g/mol. The Kier molecular flexibility index (Phi) is 6.91.